The Kier molecular flexibility index (Phi) is 5.50. The number of amides is 4. The number of aromatic nitrogens is 2. The summed E-state index contributed by atoms with van der Waals surface area (Å²) in [5, 5.41) is 5.25. The van der Waals surface area contributed by atoms with E-state index in [1.54, 1.807) is 6.33 Å². The van der Waals surface area contributed by atoms with Crippen LogP contribution in [0.25, 0.3) is 0 Å². The first-order valence-electron chi connectivity index (χ1n) is 8.91. The summed E-state index contributed by atoms with van der Waals surface area (Å²) in [7, 11) is 0. The molecule has 1 aromatic rings. The predicted molar refractivity (Wildman–Crippen MR) is 99.5 cm³/mol. The van der Waals surface area contributed by atoms with Crippen molar-refractivity contribution in [3.05, 3.63) is 18.1 Å². The molecule has 27 heavy (non-hydrogen) atoms. The van der Waals surface area contributed by atoms with E-state index in [2.05, 4.69) is 25.5 Å². The van der Waals surface area contributed by atoms with Gasteiger partial charge in [-0.1, -0.05) is 0 Å². The molecular weight excluding hydrogens is 372 g/mol. The molecule has 2 atom stereocenters. The van der Waals surface area contributed by atoms with Crippen molar-refractivity contribution < 1.29 is 14.4 Å². The molecule has 3 fully saturated rings. The van der Waals surface area contributed by atoms with Crippen LogP contribution in [0.3, 0.4) is 0 Å². The molecule has 10 heteroatoms. The van der Waals surface area contributed by atoms with Gasteiger partial charge in [0.2, 0.25) is 11.8 Å². The van der Waals surface area contributed by atoms with E-state index in [4.69, 9.17) is 0 Å². The van der Waals surface area contributed by atoms with Gasteiger partial charge in [-0.05, 0) is 25.7 Å². The van der Waals surface area contributed by atoms with Gasteiger partial charge in [-0.15, -0.1) is 12.4 Å². The summed E-state index contributed by atoms with van der Waals surface area (Å²) >= 11 is 0. The molecule has 3 aliphatic rings. The van der Waals surface area contributed by atoms with Crippen LogP contribution in [-0.2, 0) is 9.59 Å². The van der Waals surface area contributed by atoms with Gasteiger partial charge in [-0.25, -0.2) is 14.8 Å². The van der Waals surface area contributed by atoms with Gasteiger partial charge >= 0.3 is 6.03 Å². The van der Waals surface area contributed by atoms with Gasteiger partial charge in [0.1, 0.15) is 25.2 Å². The maximum absolute atomic E-state index is 12.4. The number of anilines is 1. The van der Waals surface area contributed by atoms with Crippen LogP contribution in [0.5, 0.6) is 0 Å². The smallest absolute Gasteiger partial charge is 0.325 e. The van der Waals surface area contributed by atoms with Gasteiger partial charge < -0.3 is 15.1 Å². The molecule has 3 heterocycles. The second-order valence-electron chi connectivity index (χ2n) is 7.31. The number of halogens is 1. The molecule has 0 radical (unpaired) electrons. The Labute approximate surface area is 163 Å². The van der Waals surface area contributed by atoms with E-state index in [0.29, 0.717) is 18.4 Å². The highest BCUT2D eigenvalue weighted by Crippen LogP contribution is 2.42. The largest absolute Gasteiger partial charge is 0.354 e. The molecule has 4 amide bonds. The molecule has 0 unspecified atom stereocenters. The molecule has 2 N–H and O–H groups in total. The Balaban J connectivity index is 0.00000210. The second kappa shape index (κ2) is 7.67. The van der Waals surface area contributed by atoms with E-state index >= 15 is 0 Å². The third-order valence-corrected chi connectivity index (χ3v) is 5.25. The fourth-order valence-corrected chi connectivity index (χ4v) is 3.82. The van der Waals surface area contributed by atoms with E-state index in [9.17, 15) is 14.4 Å². The highest BCUT2D eigenvalue weighted by Gasteiger charge is 2.43. The van der Waals surface area contributed by atoms with E-state index < -0.39 is 6.03 Å². The maximum Gasteiger partial charge on any atom is 0.325 e. The Morgan fingerprint density at radius 1 is 1.30 bits per heavy atom. The van der Waals surface area contributed by atoms with E-state index in [0.717, 1.165) is 18.1 Å². The summed E-state index contributed by atoms with van der Waals surface area (Å²) in [6.45, 7) is 3.32. The molecule has 4 rings (SSSR count). The average Bonchev–Trinajstić information content (AvgIpc) is 3.27. The van der Waals surface area contributed by atoms with Gasteiger partial charge in [0.05, 0.1) is 6.04 Å². The van der Waals surface area contributed by atoms with Crippen LogP contribution in [-0.4, -0.2) is 64.9 Å². The Morgan fingerprint density at radius 3 is 2.70 bits per heavy atom. The zero-order valence-electron chi connectivity index (χ0n) is 15.1. The molecule has 0 aromatic carbocycles. The summed E-state index contributed by atoms with van der Waals surface area (Å²) in [5.74, 6) is 1.29. The number of nitrogens with zero attached hydrogens (tertiary/aromatic N) is 4. The van der Waals surface area contributed by atoms with Crippen molar-refractivity contribution in [3.8, 4) is 0 Å². The Hall–Kier alpha value is -2.42. The fraction of sp³-hybridized carbons (Fsp3) is 0.588. The quantitative estimate of drug-likeness (QED) is 0.685. The monoisotopic (exact) mass is 394 g/mol. The highest BCUT2D eigenvalue weighted by molar-refractivity contribution is 6.03. The first kappa shape index (κ1) is 19.3. The van der Waals surface area contributed by atoms with Gasteiger partial charge in [0.15, 0.2) is 0 Å². The molecular formula is C17H23ClN6O3. The third kappa shape index (κ3) is 4.29. The van der Waals surface area contributed by atoms with Crippen LogP contribution in [0.1, 0.15) is 18.5 Å². The lowest BCUT2D eigenvalue weighted by Crippen LogP contribution is -2.46. The second-order valence-corrected chi connectivity index (χ2v) is 7.31. The van der Waals surface area contributed by atoms with E-state index in [1.165, 1.54) is 17.7 Å². The minimum atomic E-state index is -0.506. The lowest BCUT2D eigenvalue weighted by molar-refractivity contribution is -0.122. The summed E-state index contributed by atoms with van der Waals surface area (Å²) < 4.78 is 0. The number of hydrogen-bond donors (Lipinski definition) is 2. The first-order chi connectivity index (χ1) is 12.5. The molecule has 0 bridgehead atoms. The molecule has 2 saturated heterocycles. The Morgan fingerprint density at radius 2 is 2.07 bits per heavy atom. The standard InChI is InChI=1S/C17H22N6O3.ClH/c1-10-4-14(19-9-18-10)22-5-12(11-2-3-11)13(6-22)20-15(24)7-23-8-16(25)21-17(23)26;/h4,9,11-13H,2-3,5-8H2,1H3,(H,20,24)(H,21,25,26);1H/t12-,13+;/m1./s1. The highest BCUT2D eigenvalue weighted by atomic mass is 35.5. The van der Waals surface area contributed by atoms with E-state index in [-0.39, 0.29) is 43.4 Å². The number of hydrogen-bond acceptors (Lipinski definition) is 6. The lowest BCUT2D eigenvalue weighted by atomic mass is 9.98. The minimum absolute atomic E-state index is 0. The number of aryl methyl sites for hydroxylation is 1. The van der Waals surface area contributed by atoms with Gasteiger partial charge in [-0.3, -0.25) is 14.9 Å². The van der Waals surface area contributed by atoms with Gasteiger partial charge in [-0.2, -0.15) is 0 Å². The maximum atomic E-state index is 12.4. The number of imide groups is 1. The SMILES string of the molecule is Cc1cc(N2C[C@H](NC(=O)CN3CC(=O)NC3=O)[C@@H](C3CC3)C2)ncn1.Cl. The van der Waals surface area contributed by atoms with Crippen LogP contribution >= 0.6 is 12.4 Å². The molecule has 1 aromatic heterocycles. The zero-order chi connectivity index (χ0) is 18.3. The summed E-state index contributed by atoms with van der Waals surface area (Å²) in [6.07, 6.45) is 3.94. The topological polar surface area (TPSA) is 108 Å². The predicted octanol–water partition coefficient (Wildman–Crippen LogP) is 0.0896. The van der Waals surface area contributed by atoms with Crippen LogP contribution in [0.15, 0.2) is 12.4 Å². The van der Waals surface area contributed by atoms with Crippen molar-refractivity contribution in [2.75, 3.05) is 31.1 Å². The van der Waals surface area contributed by atoms with Gasteiger partial charge in [0.25, 0.3) is 0 Å². The van der Waals surface area contributed by atoms with Crippen molar-refractivity contribution in [3.63, 3.8) is 0 Å². The van der Waals surface area contributed by atoms with Crippen molar-refractivity contribution in [2.45, 2.75) is 25.8 Å². The fourth-order valence-electron chi connectivity index (χ4n) is 3.82. The number of carbonyl (C=O) groups excluding carboxylic acids is 3. The molecule has 2 aliphatic heterocycles. The zero-order valence-corrected chi connectivity index (χ0v) is 15.9. The van der Waals surface area contributed by atoms with Crippen LogP contribution in [0.4, 0.5) is 10.6 Å². The number of nitrogens with one attached hydrogen (secondary N) is 2. The third-order valence-electron chi connectivity index (χ3n) is 5.25. The number of carbonyl (C=O) groups is 3. The minimum Gasteiger partial charge on any atom is -0.354 e. The van der Waals surface area contributed by atoms with Crippen molar-refractivity contribution in [1.82, 2.24) is 25.5 Å². The lowest BCUT2D eigenvalue weighted by Gasteiger charge is -2.21. The Bertz CT molecular complexity index is 756. The molecule has 9 nitrogen and oxygen atoms in total. The van der Waals surface area contributed by atoms with Crippen molar-refractivity contribution in [1.29, 1.82) is 0 Å². The first-order valence-corrected chi connectivity index (χ1v) is 8.91. The van der Waals surface area contributed by atoms with Crippen LogP contribution in [0, 0.1) is 18.8 Å². The van der Waals surface area contributed by atoms with Crippen LogP contribution < -0.4 is 15.5 Å². The molecule has 146 valence electrons. The van der Waals surface area contributed by atoms with Crippen molar-refractivity contribution >= 4 is 36.1 Å². The average molecular weight is 395 g/mol. The summed E-state index contributed by atoms with van der Waals surface area (Å²) in [4.78, 5) is 47.2. The molecule has 0 spiro atoms. The molecule has 1 saturated carbocycles. The normalized spacial score (nSPS) is 24.6. The number of urea groups is 1. The summed E-state index contributed by atoms with van der Waals surface area (Å²) in [5.41, 5.74) is 0.912. The van der Waals surface area contributed by atoms with E-state index in [1.807, 2.05) is 13.0 Å². The summed E-state index contributed by atoms with van der Waals surface area (Å²) in [6, 6.07) is 1.47. The molecule has 1 aliphatic carbocycles. The van der Waals surface area contributed by atoms with Crippen LogP contribution in [0.2, 0.25) is 0 Å². The van der Waals surface area contributed by atoms with Crippen molar-refractivity contribution in [2.24, 2.45) is 11.8 Å². The van der Waals surface area contributed by atoms with Gasteiger partial charge in [0, 0.05) is 30.8 Å². The number of rotatable bonds is 5.